The van der Waals surface area contributed by atoms with Crippen molar-refractivity contribution in [3.63, 3.8) is 0 Å². The number of amides is 2. The predicted molar refractivity (Wildman–Crippen MR) is 110 cm³/mol. The van der Waals surface area contributed by atoms with Gasteiger partial charge in [0, 0.05) is 5.41 Å². The summed E-state index contributed by atoms with van der Waals surface area (Å²) in [6, 6.07) is 2.46. The van der Waals surface area contributed by atoms with Crippen LogP contribution in [0.2, 0.25) is 0 Å². The molecule has 5 rings (SSSR count). The van der Waals surface area contributed by atoms with Crippen LogP contribution in [0.5, 0.6) is 0 Å². The molecule has 2 atom stereocenters. The zero-order valence-electron chi connectivity index (χ0n) is 18.0. The zero-order chi connectivity index (χ0) is 21.6. The Morgan fingerprint density at radius 2 is 1.50 bits per heavy atom. The van der Waals surface area contributed by atoms with Crippen LogP contribution in [-0.2, 0) is 9.59 Å². The molecule has 0 spiro atoms. The van der Waals surface area contributed by atoms with Gasteiger partial charge in [0.2, 0.25) is 11.8 Å². The van der Waals surface area contributed by atoms with E-state index < -0.39 is 23.7 Å². The van der Waals surface area contributed by atoms with Gasteiger partial charge in [0.05, 0.1) is 6.04 Å². The summed E-state index contributed by atoms with van der Waals surface area (Å²) < 4.78 is 26.8. The molecule has 4 fully saturated rings. The van der Waals surface area contributed by atoms with Crippen molar-refractivity contribution >= 4 is 11.8 Å². The first-order chi connectivity index (χ1) is 14.2. The van der Waals surface area contributed by atoms with E-state index in [1.807, 2.05) is 13.8 Å². The number of carbonyl (C=O) groups excluding carboxylic acids is 2. The molecular formula is C24H32F2N2O2. The van der Waals surface area contributed by atoms with Gasteiger partial charge in [-0.3, -0.25) is 9.59 Å². The minimum atomic E-state index is -0.941. The van der Waals surface area contributed by atoms with E-state index in [-0.39, 0.29) is 23.1 Å². The van der Waals surface area contributed by atoms with E-state index in [2.05, 4.69) is 10.6 Å². The molecule has 4 saturated carbocycles. The van der Waals surface area contributed by atoms with E-state index in [9.17, 15) is 18.4 Å². The average Bonchev–Trinajstić information content (AvgIpc) is 2.66. The fourth-order valence-electron chi connectivity index (χ4n) is 6.39. The highest BCUT2D eigenvalue weighted by Gasteiger charge is 2.55. The first-order valence-corrected chi connectivity index (χ1v) is 11.2. The highest BCUT2D eigenvalue weighted by molar-refractivity contribution is 5.90. The Morgan fingerprint density at radius 1 is 0.933 bits per heavy atom. The van der Waals surface area contributed by atoms with E-state index in [1.54, 1.807) is 6.92 Å². The summed E-state index contributed by atoms with van der Waals surface area (Å²) in [6.45, 7) is 5.54. The van der Waals surface area contributed by atoms with Gasteiger partial charge >= 0.3 is 0 Å². The predicted octanol–water partition coefficient (Wildman–Crippen LogP) is 4.50. The molecule has 30 heavy (non-hydrogen) atoms. The third-order valence-electron chi connectivity index (χ3n) is 7.56. The van der Waals surface area contributed by atoms with Crippen LogP contribution in [0.25, 0.3) is 0 Å². The van der Waals surface area contributed by atoms with Crippen LogP contribution in [0, 0.1) is 40.7 Å². The monoisotopic (exact) mass is 418 g/mol. The summed E-state index contributed by atoms with van der Waals surface area (Å²) in [6.07, 6.45) is 6.61. The minimum absolute atomic E-state index is 0.0240. The molecule has 1 aromatic rings. The number of hydrogen-bond donors (Lipinski definition) is 2. The van der Waals surface area contributed by atoms with Crippen LogP contribution >= 0.6 is 0 Å². The van der Waals surface area contributed by atoms with Crippen LogP contribution in [0.15, 0.2) is 18.2 Å². The molecule has 0 aliphatic heterocycles. The fourth-order valence-corrected chi connectivity index (χ4v) is 6.39. The highest BCUT2D eigenvalue weighted by Crippen LogP contribution is 2.60. The van der Waals surface area contributed by atoms with Gasteiger partial charge in [-0.25, -0.2) is 8.78 Å². The Balaban J connectivity index is 1.44. The van der Waals surface area contributed by atoms with Crippen molar-refractivity contribution in [2.75, 3.05) is 0 Å². The maximum Gasteiger partial charge on any atom is 0.243 e. The molecule has 6 heteroatoms. The Hall–Kier alpha value is -1.98. The van der Waals surface area contributed by atoms with Crippen molar-refractivity contribution in [3.05, 3.63) is 35.4 Å². The van der Waals surface area contributed by atoms with Crippen molar-refractivity contribution in [1.82, 2.24) is 10.6 Å². The van der Waals surface area contributed by atoms with E-state index in [4.69, 9.17) is 0 Å². The molecular weight excluding hydrogens is 386 g/mol. The maximum atomic E-state index is 13.6. The van der Waals surface area contributed by atoms with Gasteiger partial charge < -0.3 is 10.6 Å². The molecule has 2 unspecified atom stereocenters. The molecule has 4 aliphatic rings. The smallest absolute Gasteiger partial charge is 0.243 e. The van der Waals surface area contributed by atoms with Crippen molar-refractivity contribution in [3.8, 4) is 0 Å². The molecule has 164 valence electrons. The summed E-state index contributed by atoms with van der Waals surface area (Å²) in [5.41, 5.74) is 0.172. The molecule has 0 radical (unpaired) electrons. The van der Waals surface area contributed by atoms with Gasteiger partial charge in [-0.1, -0.05) is 19.9 Å². The van der Waals surface area contributed by atoms with Gasteiger partial charge in [-0.2, -0.15) is 0 Å². The van der Waals surface area contributed by atoms with Crippen LogP contribution in [0.4, 0.5) is 8.78 Å². The highest BCUT2D eigenvalue weighted by atomic mass is 19.2. The molecule has 0 saturated heterocycles. The van der Waals surface area contributed by atoms with E-state index in [0.29, 0.717) is 23.3 Å². The first-order valence-electron chi connectivity index (χ1n) is 11.2. The summed E-state index contributed by atoms with van der Waals surface area (Å²) in [5, 5.41) is 5.93. The lowest BCUT2D eigenvalue weighted by Crippen LogP contribution is -2.58. The fraction of sp³-hybridized carbons (Fsp3) is 0.667. The van der Waals surface area contributed by atoms with Gasteiger partial charge in [0.25, 0.3) is 0 Å². The van der Waals surface area contributed by atoms with Crippen LogP contribution < -0.4 is 10.6 Å². The van der Waals surface area contributed by atoms with Gasteiger partial charge in [-0.05, 0) is 86.8 Å². The first kappa shape index (κ1) is 21.3. The topological polar surface area (TPSA) is 58.2 Å². The molecule has 4 bridgehead atoms. The lowest BCUT2D eigenvalue weighted by atomic mass is 9.49. The number of hydrogen-bond acceptors (Lipinski definition) is 2. The number of carbonyl (C=O) groups is 2. The Morgan fingerprint density at radius 3 is 2.00 bits per heavy atom. The number of nitrogens with one attached hydrogen (secondary N) is 2. The van der Waals surface area contributed by atoms with Gasteiger partial charge in [0.15, 0.2) is 11.6 Å². The SMILES string of the molecule is CC(NC(=O)C(NC(=O)C12CC3CC(CC(C3)C1)C2)C(C)C)c1ccc(F)c(F)c1. The molecule has 2 amide bonds. The second-order valence-corrected chi connectivity index (χ2v) is 10.3. The lowest BCUT2D eigenvalue weighted by molar-refractivity contribution is -0.149. The van der Waals surface area contributed by atoms with Crippen LogP contribution in [-0.4, -0.2) is 17.9 Å². The molecule has 0 heterocycles. The summed E-state index contributed by atoms with van der Waals surface area (Å²) in [4.78, 5) is 26.4. The van der Waals surface area contributed by atoms with Crippen LogP contribution in [0.1, 0.15) is 70.9 Å². The number of halogens is 2. The zero-order valence-corrected chi connectivity index (χ0v) is 18.0. The van der Waals surface area contributed by atoms with Gasteiger partial charge in [0.1, 0.15) is 6.04 Å². The second kappa shape index (κ2) is 7.93. The number of rotatable bonds is 6. The third kappa shape index (κ3) is 3.97. The second-order valence-electron chi connectivity index (χ2n) is 10.3. The minimum Gasteiger partial charge on any atom is -0.348 e. The Labute approximate surface area is 177 Å². The lowest BCUT2D eigenvalue weighted by Gasteiger charge is -2.55. The third-order valence-corrected chi connectivity index (χ3v) is 7.56. The Kier molecular flexibility index (Phi) is 5.62. The molecule has 4 aliphatic carbocycles. The maximum absolute atomic E-state index is 13.6. The van der Waals surface area contributed by atoms with Crippen molar-refractivity contribution in [1.29, 1.82) is 0 Å². The van der Waals surface area contributed by atoms with Crippen molar-refractivity contribution in [2.45, 2.75) is 71.4 Å². The molecule has 4 nitrogen and oxygen atoms in total. The van der Waals surface area contributed by atoms with Crippen LogP contribution in [0.3, 0.4) is 0 Å². The quantitative estimate of drug-likeness (QED) is 0.715. The summed E-state index contributed by atoms with van der Waals surface area (Å²) in [7, 11) is 0. The average molecular weight is 419 g/mol. The summed E-state index contributed by atoms with van der Waals surface area (Å²) >= 11 is 0. The number of benzene rings is 1. The van der Waals surface area contributed by atoms with Crippen molar-refractivity contribution in [2.24, 2.45) is 29.1 Å². The van der Waals surface area contributed by atoms with E-state index >= 15 is 0 Å². The standard InChI is InChI=1S/C24H32F2N2O2/c1-13(2)21(22(29)27-14(3)18-4-5-19(25)20(26)9-18)28-23(30)24-10-15-6-16(11-24)8-17(7-15)12-24/h4-5,9,13-17,21H,6-8,10-12H2,1-3H3,(H,27,29)(H,28,30). The normalized spacial score (nSPS) is 31.5. The molecule has 0 aromatic heterocycles. The van der Waals surface area contributed by atoms with E-state index in [0.717, 1.165) is 31.4 Å². The molecule has 1 aromatic carbocycles. The van der Waals surface area contributed by atoms with Gasteiger partial charge in [-0.15, -0.1) is 0 Å². The van der Waals surface area contributed by atoms with E-state index in [1.165, 1.54) is 25.3 Å². The Bertz CT molecular complexity index is 803. The largest absolute Gasteiger partial charge is 0.348 e. The van der Waals surface area contributed by atoms with Crippen molar-refractivity contribution < 1.29 is 18.4 Å². The molecule has 2 N–H and O–H groups in total. The summed E-state index contributed by atoms with van der Waals surface area (Å²) in [5.74, 6) is -0.245.